The SMILES string of the molecule is O=C(c1cc2c(s1)CCC2)N1CCOc2ccccc21. The number of thiophene rings is 1. The maximum absolute atomic E-state index is 12.7. The normalized spacial score (nSPS) is 16.5. The highest BCUT2D eigenvalue weighted by atomic mass is 32.1. The standard InChI is InChI=1S/C16H15NO2S/c18-16(15-10-11-4-3-7-14(11)20-15)17-8-9-19-13-6-2-1-5-12(13)17/h1-2,5-6,10H,3-4,7-9H2. The number of nitrogens with zero attached hydrogens (tertiary/aromatic N) is 1. The van der Waals surface area contributed by atoms with Gasteiger partial charge in [-0.1, -0.05) is 12.1 Å². The first-order valence-electron chi connectivity index (χ1n) is 6.98. The van der Waals surface area contributed by atoms with E-state index in [0.29, 0.717) is 13.2 Å². The van der Waals surface area contributed by atoms with Crippen molar-refractivity contribution in [1.82, 2.24) is 0 Å². The highest BCUT2D eigenvalue weighted by molar-refractivity contribution is 7.14. The van der Waals surface area contributed by atoms with Gasteiger partial charge in [0.2, 0.25) is 0 Å². The van der Waals surface area contributed by atoms with Crippen LogP contribution in [-0.4, -0.2) is 19.1 Å². The van der Waals surface area contributed by atoms with E-state index in [1.165, 1.54) is 16.9 Å². The molecule has 1 aliphatic carbocycles. The molecule has 0 unspecified atom stereocenters. The van der Waals surface area contributed by atoms with Gasteiger partial charge in [0.05, 0.1) is 17.1 Å². The third-order valence-electron chi connectivity index (χ3n) is 3.93. The van der Waals surface area contributed by atoms with E-state index in [4.69, 9.17) is 4.74 Å². The lowest BCUT2D eigenvalue weighted by molar-refractivity contribution is 0.0980. The molecule has 2 aromatic rings. The van der Waals surface area contributed by atoms with Crippen LogP contribution in [0.15, 0.2) is 30.3 Å². The number of rotatable bonds is 1. The van der Waals surface area contributed by atoms with E-state index >= 15 is 0 Å². The van der Waals surface area contributed by atoms with Crippen molar-refractivity contribution in [2.24, 2.45) is 0 Å². The fourth-order valence-electron chi connectivity index (χ4n) is 2.95. The van der Waals surface area contributed by atoms with Crippen LogP contribution in [0.3, 0.4) is 0 Å². The first-order chi connectivity index (χ1) is 9.83. The molecule has 0 fully saturated rings. The van der Waals surface area contributed by atoms with Gasteiger partial charge in [-0.25, -0.2) is 0 Å². The number of ether oxygens (including phenoxy) is 1. The maximum atomic E-state index is 12.7. The Hall–Kier alpha value is -1.81. The second-order valence-electron chi connectivity index (χ2n) is 5.19. The Morgan fingerprint density at radius 2 is 2.15 bits per heavy atom. The number of hydrogen-bond acceptors (Lipinski definition) is 3. The molecule has 0 atom stereocenters. The molecule has 1 amide bonds. The maximum Gasteiger partial charge on any atom is 0.268 e. The van der Waals surface area contributed by atoms with E-state index in [1.54, 1.807) is 11.3 Å². The molecule has 0 saturated carbocycles. The fourth-order valence-corrected chi connectivity index (χ4v) is 4.15. The zero-order valence-corrected chi connectivity index (χ0v) is 11.9. The Kier molecular flexibility index (Phi) is 2.77. The number of amides is 1. The molecule has 1 aromatic carbocycles. The second-order valence-corrected chi connectivity index (χ2v) is 6.32. The number of carbonyl (C=O) groups excluding carboxylic acids is 1. The van der Waals surface area contributed by atoms with Crippen molar-refractivity contribution in [2.45, 2.75) is 19.3 Å². The van der Waals surface area contributed by atoms with E-state index in [9.17, 15) is 4.79 Å². The summed E-state index contributed by atoms with van der Waals surface area (Å²) in [5.74, 6) is 0.913. The van der Waals surface area contributed by atoms with Gasteiger partial charge in [-0.15, -0.1) is 11.3 Å². The van der Waals surface area contributed by atoms with Crippen molar-refractivity contribution < 1.29 is 9.53 Å². The Morgan fingerprint density at radius 1 is 1.25 bits per heavy atom. The van der Waals surface area contributed by atoms with Gasteiger partial charge in [0.1, 0.15) is 12.4 Å². The zero-order chi connectivity index (χ0) is 13.5. The van der Waals surface area contributed by atoms with Gasteiger partial charge in [-0.05, 0) is 43.0 Å². The molecule has 102 valence electrons. The smallest absolute Gasteiger partial charge is 0.268 e. The molecule has 4 rings (SSSR count). The zero-order valence-electron chi connectivity index (χ0n) is 11.1. The van der Waals surface area contributed by atoms with Gasteiger partial charge in [0.25, 0.3) is 5.91 Å². The molecule has 4 heteroatoms. The molecule has 1 aliphatic heterocycles. The van der Waals surface area contributed by atoms with Gasteiger partial charge in [-0.3, -0.25) is 4.79 Å². The Balaban J connectivity index is 1.69. The van der Waals surface area contributed by atoms with Gasteiger partial charge < -0.3 is 9.64 Å². The minimum Gasteiger partial charge on any atom is -0.490 e. The van der Waals surface area contributed by atoms with Gasteiger partial charge >= 0.3 is 0 Å². The lowest BCUT2D eigenvalue weighted by Gasteiger charge is -2.29. The average Bonchev–Trinajstić information content (AvgIpc) is 3.07. The van der Waals surface area contributed by atoms with Crippen LogP contribution in [0.25, 0.3) is 0 Å². The van der Waals surface area contributed by atoms with E-state index in [2.05, 4.69) is 6.07 Å². The summed E-state index contributed by atoms with van der Waals surface area (Å²) in [7, 11) is 0. The minimum atomic E-state index is 0.111. The average molecular weight is 285 g/mol. The molecule has 3 nitrogen and oxygen atoms in total. The van der Waals surface area contributed by atoms with Crippen LogP contribution >= 0.6 is 11.3 Å². The van der Waals surface area contributed by atoms with Crippen molar-refractivity contribution in [3.05, 3.63) is 45.6 Å². The van der Waals surface area contributed by atoms with Crippen molar-refractivity contribution in [1.29, 1.82) is 0 Å². The van der Waals surface area contributed by atoms with Crippen LogP contribution in [0.1, 0.15) is 26.5 Å². The van der Waals surface area contributed by atoms with Crippen LogP contribution in [0, 0.1) is 0 Å². The lowest BCUT2D eigenvalue weighted by atomic mass is 10.2. The Morgan fingerprint density at radius 3 is 3.05 bits per heavy atom. The van der Waals surface area contributed by atoms with Crippen LogP contribution in [0.2, 0.25) is 0 Å². The Labute approximate surface area is 121 Å². The van der Waals surface area contributed by atoms with Gasteiger partial charge in [0, 0.05) is 4.88 Å². The molecular weight excluding hydrogens is 270 g/mol. The van der Waals surface area contributed by atoms with E-state index < -0.39 is 0 Å². The number of hydrogen-bond donors (Lipinski definition) is 0. The van der Waals surface area contributed by atoms with Crippen molar-refractivity contribution in [3.63, 3.8) is 0 Å². The summed E-state index contributed by atoms with van der Waals surface area (Å²) in [6.45, 7) is 1.19. The summed E-state index contributed by atoms with van der Waals surface area (Å²) in [5, 5.41) is 0. The minimum absolute atomic E-state index is 0.111. The number of aryl methyl sites for hydroxylation is 2. The molecule has 0 bridgehead atoms. The molecule has 2 heterocycles. The summed E-state index contributed by atoms with van der Waals surface area (Å²) in [4.78, 5) is 16.9. The molecule has 0 radical (unpaired) electrons. The van der Waals surface area contributed by atoms with Crippen molar-refractivity contribution >= 4 is 22.9 Å². The molecule has 2 aliphatic rings. The quantitative estimate of drug-likeness (QED) is 0.804. The summed E-state index contributed by atoms with van der Waals surface area (Å²) < 4.78 is 5.61. The number of benzene rings is 1. The predicted molar refractivity (Wildman–Crippen MR) is 80.0 cm³/mol. The summed E-state index contributed by atoms with van der Waals surface area (Å²) in [6.07, 6.45) is 3.49. The van der Waals surface area contributed by atoms with Crippen molar-refractivity contribution in [3.8, 4) is 5.75 Å². The van der Waals surface area contributed by atoms with Gasteiger partial charge in [-0.2, -0.15) is 0 Å². The molecule has 0 N–H and O–H groups in total. The van der Waals surface area contributed by atoms with E-state index in [1.807, 2.05) is 29.2 Å². The topological polar surface area (TPSA) is 29.5 Å². The van der Waals surface area contributed by atoms with E-state index in [0.717, 1.165) is 29.2 Å². The first-order valence-corrected chi connectivity index (χ1v) is 7.80. The fraction of sp³-hybridized carbons (Fsp3) is 0.312. The number of para-hydroxylation sites is 2. The van der Waals surface area contributed by atoms with Crippen LogP contribution in [-0.2, 0) is 12.8 Å². The van der Waals surface area contributed by atoms with Crippen LogP contribution in [0.4, 0.5) is 5.69 Å². The highest BCUT2D eigenvalue weighted by Crippen LogP contribution is 2.35. The third kappa shape index (κ3) is 1.83. The third-order valence-corrected chi connectivity index (χ3v) is 5.16. The van der Waals surface area contributed by atoms with Crippen molar-refractivity contribution in [2.75, 3.05) is 18.1 Å². The van der Waals surface area contributed by atoms with Crippen LogP contribution < -0.4 is 9.64 Å². The number of carbonyl (C=O) groups is 1. The predicted octanol–water partition coefficient (Wildman–Crippen LogP) is 3.28. The molecule has 1 aromatic heterocycles. The molecule has 20 heavy (non-hydrogen) atoms. The van der Waals surface area contributed by atoms with Crippen LogP contribution in [0.5, 0.6) is 5.75 Å². The van der Waals surface area contributed by atoms with E-state index in [-0.39, 0.29) is 5.91 Å². The molecular formula is C16H15NO2S. The monoisotopic (exact) mass is 285 g/mol. The molecule has 0 saturated heterocycles. The molecule has 0 spiro atoms. The Bertz CT molecular complexity index is 655. The lowest BCUT2D eigenvalue weighted by Crippen LogP contribution is -2.37. The summed E-state index contributed by atoms with van der Waals surface area (Å²) in [5.41, 5.74) is 2.26. The van der Waals surface area contributed by atoms with Gasteiger partial charge in [0.15, 0.2) is 0 Å². The number of anilines is 1. The first kappa shape index (κ1) is 12.0. The summed E-state index contributed by atoms with van der Waals surface area (Å²) in [6, 6.07) is 9.85. The highest BCUT2D eigenvalue weighted by Gasteiger charge is 2.27. The summed E-state index contributed by atoms with van der Waals surface area (Å²) >= 11 is 1.67. The largest absolute Gasteiger partial charge is 0.490 e. The second kappa shape index (κ2) is 4.63. The number of fused-ring (bicyclic) bond motifs is 2.